The Morgan fingerprint density at radius 3 is 2.39 bits per heavy atom. The zero-order valence-electron chi connectivity index (χ0n) is 9.41. The monoisotopic (exact) mass is 251 g/mol. The van der Waals surface area contributed by atoms with Gasteiger partial charge in [-0.15, -0.1) is 0 Å². The van der Waals surface area contributed by atoms with Crippen LogP contribution in [0.5, 0.6) is 5.75 Å². The van der Waals surface area contributed by atoms with Crippen LogP contribution in [0.2, 0.25) is 0 Å². The highest BCUT2D eigenvalue weighted by atomic mass is 16.4. The number of phenols is 1. The fourth-order valence-electron chi connectivity index (χ4n) is 2.26. The summed E-state index contributed by atoms with van der Waals surface area (Å²) in [4.78, 5) is 22.1. The number of phenolic OH excluding ortho intramolecular Hbond substituents is 1. The largest absolute Gasteiger partial charge is 0.508 e. The Kier molecular flexibility index (Phi) is 3.20. The van der Waals surface area contributed by atoms with Crippen LogP contribution >= 0.6 is 0 Å². The number of nitrogens with one attached hydrogen (secondary N) is 1. The lowest BCUT2D eigenvalue weighted by molar-refractivity contribution is -0.142. The van der Waals surface area contributed by atoms with Crippen molar-refractivity contribution < 1.29 is 24.9 Å². The Morgan fingerprint density at radius 2 is 1.83 bits per heavy atom. The summed E-state index contributed by atoms with van der Waals surface area (Å²) in [6.07, 6.45) is 0.00364. The van der Waals surface area contributed by atoms with E-state index in [1.165, 1.54) is 6.07 Å². The Morgan fingerprint density at radius 1 is 1.17 bits per heavy atom. The second-order valence-electron chi connectivity index (χ2n) is 4.27. The first-order chi connectivity index (χ1) is 8.50. The molecule has 2 rings (SSSR count). The van der Waals surface area contributed by atoms with E-state index in [-0.39, 0.29) is 12.2 Å². The molecule has 0 spiro atoms. The van der Waals surface area contributed by atoms with Crippen molar-refractivity contribution in [1.82, 2.24) is 5.32 Å². The molecule has 3 atom stereocenters. The number of carboxylic acids is 2. The molecule has 1 aromatic rings. The summed E-state index contributed by atoms with van der Waals surface area (Å²) in [5.74, 6) is -3.05. The minimum absolute atomic E-state index is 0.00364. The van der Waals surface area contributed by atoms with Gasteiger partial charge in [0.25, 0.3) is 0 Å². The summed E-state index contributed by atoms with van der Waals surface area (Å²) in [6.45, 7) is 0. The molecule has 0 bridgehead atoms. The maximum Gasteiger partial charge on any atom is 0.320 e. The minimum atomic E-state index is -1.08. The van der Waals surface area contributed by atoms with Crippen LogP contribution < -0.4 is 5.32 Å². The molecular formula is C12H13NO5. The van der Waals surface area contributed by atoms with Crippen molar-refractivity contribution in [3.05, 3.63) is 29.8 Å². The molecule has 0 aromatic heterocycles. The van der Waals surface area contributed by atoms with E-state index in [0.717, 1.165) is 0 Å². The van der Waals surface area contributed by atoms with Crippen molar-refractivity contribution in [1.29, 1.82) is 0 Å². The van der Waals surface area contributed by atoms with Gasteiger partial charge < -0.3 is 15.3 Å². The molecule has 18 heavy (non-hydrogen) atoms. The van der Waals surface area contributed by atoms with Gasteiger partial charge in [0.05, 0.1) is 5.92 Å². The van der Waals surface area contributed by atoms with Crippen molar-refractivity contribution in [3.63, 3.8) is 0 Å². The molecule has 1 aliphatic rings. The molecule has 1 heterocycles. The third kappa shape index (κ3) is 2.14. The van der Waals surface area contributed by atoms with Crippen LogP contribution in [0.25, 0.3) is 0 Å². The zero-order chi connectivity index (χ0) is 13.3. The molecule has 1 aromatic carbocycles. The molecule has 1 fully saturated rings. The van der Waals surface area contributed by atoms with Gasteiger partial charge >= 0.3 is 11.9 Å². The molecule has 4 N–H and O–H groups in total. The van der Waals surface area contributed by atoms with Gasteiger partial charge in [-0.05, 0) is 12.5 Å². The summed E-state index contributed by atoms with van der Waals surface area (Å²) < 4.78 is 0. The predicted octanol–water partition coefficient (Wildman–Crippen LogP) is 0.581. The lowest BCUT2D eigenvalue weighted by Crippen LogP contribution is -2.32. The average molecular weight is 251 g/mol. The molecular weight excluding hydrogens is 238 g/mol. The first-order valence-electron chi connectivity index (χ1n) is 5.50. The zero-order valence-corrected chi connectivity index (χ0v) is 9.41. The summed E-state index contributed by atoms with van der Waals surface area (Å²) in [7, 11) is 0. The molecule has 0 aliphatic carbocycles. The predicted molar refractivity (Wildman–Crippen MR) is 61.2 cm³/mol. The molecule has 0 saturated carbocycles. The van der Waals surface area contributed by atoms with Crippen LogP contribution in [-0.4, -0.2) is 33.3 Å². The number of aliphatic carboxylic acids is 2. The number of benzene rings is 1. The lowest BCUT2D eigenvalue weighted by Gasteiger charge is -2.17. The van der Waals surface area contributed by atoms with Gasteiger partial charge in [-0.1, -0.05) is 18.2 Å². The summed E-state index contributed by atoms with van der Waals surface area (Å²) in [6, 6.07) is 4.74. The highest BCUT2D eigenvalue weighted by Gasteiger charge is 2.42. The number of hydrogen-bond acceptors (Lipinski definition) is 4. The van der Waals surface area contributed by atoms with Gasteiger partial charge in [-0.2, -0.15) is 0 Å². The molecule has 0 radical (unpaired) electrons. The van der Waals surface area contributed by atoms with E-state index < -0.39 is 29.9 Å². The van der Waals surface area contributed by atoms with Crippen LogP contribution in [0.15, 0.2) is 24.3 Å². The van der Waals surface area contributed by atoms with Crippen molar-refractivity contribution in [2.45, 2.75) is 18.5 Å². The standard InChI is InChI=1S/C12H13NO5/c14-9-4-2-1-3-6(9)10-7(11(15)16)5-8(13-10)12(17)18/h1-4,7-8,10,13-14H,5H2,(H,15,16)(H,17,18). The minimum Gasteiger partial charge on any atom is -0.508 e. The highest BCUT2D eigenvalue weighted by molar-refractivity contribution is 5.78. The molecule has 1 saturated heterocycles. The Labute approximate surface area is 103 Å². The van der Waals surface area contributed by atoms with Crippen LogP contribution in [0, 0.1) is 5.92 Å². The molecule has 6 heteroatoms. The van der Waals surface area contributed by atoms with Gasteiger partial charge in [0.15, 0.2) is 0 Å². The van der Waals surface area contributed by atoms with E-state index >= 15 is 0 Å². The second kappa shape index (κ2) is 4.66. The first-order valence-corrected chi connectivity index (χ1v) is 5.50. The van der Waals surface area contributed by atoms with Gasteiger partial charge in [0, 0.05) is 11.6 Å². The lowest BCUT2D eigenvalue weighted by atomic mass is 9.93. The topological polar surface area (TPSA) is 107 Å². The number of aromatic hydroxyl groups is 1. The van der Waals surface area contributed by atoms with E-state index in [0.29, 0.717) is 5.56 Å². The number of carbonyl (C=O) groups is 2. The van der Waals surface area contributed by atoms with Crippen molar-refractivity contribution in [2.75, 3.05) is 0 Å². The molecule has 6 nitrogen and oxygen atoms in total. The summed E-state index contributed by atoms with van der Waals surface area (Å²) in [5.41, 5.74) is 0.411. The molecule has 0 amide bonds. The normalized spacial score (nSPS) is 27.0. The Balaban J connectivity index is 2.33. The first kappa shape index (κ1) is 12.4. The van der Waals surface area contributed by atoms with Gasteiger partial charge in [0.1, 0.15) is 11.8 Å². The van der Waals surface area contributed by atoms with E-state index in [2.05, 4.69) is 5.32 Å². The number of rotatable bonds is 3. The number of carboxylic acid groups (broad SMARTS) is 2. The SMILES string of the molecule is O=C(O)C1CC(C(=O)O)C(c2ccccc2O)N1. The summed E-state index contributed by atoms with van der Waals surface area (Å²) >= 11 is 0. The maximum atomic E-state index is 11.2. The van der Waals surface area contributed by atoms with Crippen LogP contribution in [-0.2, 0) is 9.59 Å². The number of para-hydroxylation sites is 1. The van der Waals surface area contributed by atoms with Crippen LogP contribution in [0.1, 0.15) is 18.0 Å². The third-order valence-electron chi connectivity index (χ3n) is 3.16. The van der Waals surface area contributed by atoms with Crippen LogP contribution in [0.3, 0.4) is 0 Å². The average Bonchev–Trinajstić information content (AvgIpc) is 2.74. The van der Waals surface area contributed by atoms with Crippen molar-refractivity contribution in [3.8, 4) is 5.75 Å². The summed E-state index contributed by atoms with van der Waals surface area (Å²) in [5, 5.41) is 30.5. The quantitative estimate of drug-likeness (QED) is 0.626. The van der Waals surface area contributed by atoms with Gasteiger partial charge in [0.2, 0.25) is 0 Å². The van der Waals surface area contributed by atoms with Crippen molar-refractivity contribution >= 4 is 11.9 Å². The third-order valence-corrected chi connectivity index (χ3v) is 3.16. The van der Waals surface area contributed by atoms with Gasteiger partial charge in [-0.25, -0.2) is 0 Å². The maximum absolute atomic E-state index is 11.2. The Hall–Kier alpha value is -2.08. The van der Waals surface area contributed by atoms with Gasteiger partial charge in [-0.3, -0.25) is 14.9 Å². The van der Waals surface area contributed by atoms with E-state index in [1.54, 1.807) is 18.2 Å². The molecule has 96 valence electrons. The van der Waals surface area contributed by atoms with E-state index in [4.69, 9.17) is 10.2 Å². The molecule has 3 unspecified atom stereocenters. The van der Waals surface area contributed by atoms with Crippen molar-refractivity contribution in [2.24, 2.45) is 5.92 Å². The fourth-order valence-corrected chi connectivity index (χ4v) is 2.26. The van der Waals surface area contributed by atoms with E-state index in [9.17, 15) is 14.7 Å². The fraction of sp³-hybridized carbons (Fsp3) is 0.333. The number of hydrogen-bond donors (Lipinski definition) is 4. The van der Waals surface area contributed by atoms with E-state index in [1.807, 2.05) is 0 Å². The highest BCUT2D eigenvalue weighted by Crippen LogP contribution is 2.36. The molecule has 1 aliphatic heterocycles. The smallest absolute Gasteiger partial charge is 0.320 e. The van der Waals surface area contributed by atoms with Crippen LogP contribution in [0.4, 0.5) is 0 Å². The Bertz CT molecular complexity index is 487. The second-order valence-corrected chi connectivity index (χ2v) is 4.27.